The lowest BCUT2D eigenvalue weighted by Crippen LogP contribution is -2.34. The van der Waals surface area contributed by atoms with Gasteiger partial charge in [0.1, 0.15) is 6.04 Å². The van der Waals surface area contributed by atoms with Crippen LogP contribution < -0.4 is 5.32 Å². The molecule has 2 aromatic heterocycles. The molecule has 0 saturated heterocycles. The van der Waals surface area contributed by atoms with Gasteiger partial charge < -0.3 is 4.74 Å². The Balaban J connectivity index is 1.59. The van der Waals surface area contributed by atoms with E-state index in [0.29, 0.717) is 19.8 Å². The van der Waals surface area contributed by atoms with Gasteiger partial charge in [0, 0.05) is 25.6 Å². The lowest BCUT2D eigenvalue weighted by Gasteiger charge is -2.28. The number of aryl methyl sites for hydroxylation is 1. The maximum absolute atomic E-state index is 5.82. The van der Waals surface area contributed by atoms with Gasteiger partial charge in [-0.3, -0.25) is 10.00 Å². The van der Waals surface area contributed by atoms with Crippen molar-refractivity contribution in [2.45, 2.75) is 58.3 Å². The summed E-state index contributed by atoms with van der Waals surface area (Å²) < 4.78 is 9.74. The highest BCUT2D eigenvalue weighted by molar-refractivity contribution is 5.85. The Kier molecular flexibility index (Phi) is 5.72. The van der Waals surface area contributed by atoms with E-state index in [4.69, 9.17) is 9.84 Å². The van der Waals surface area contributed by atoms with Gasteiger partial charge >= 0.3 is 0 Å². The van der Waals surface area contributed by atoms with Crippen molar-refractivity contribution < 1.29 is 4.74 Å². The van der Waals surface area contributed by atoms with Crippen molar-refractivity contribution in [3.05, 3.63) is 70.8 Å². The summed E-state index contributed by atoms with van der Waals surface area (Å²) in [4.78, 5) is 0. The lowest BCUT2D eigenvalue weighted by molar-refractivity contribution is 0.109. The third kappa shape index (κ3) is 3.94. The summed E-state index contributed by atoms with van der Waals surface area (Å²) in [6, 6.07) is 14.7. The van der Waals surface area contributed by atoms with Crippen LogP contribution in [0.25, 0.3) is 10.8 Å². The van der Waals surface area contributed by atoms with Crippen LogP contribution in [0.3, 0.4) is 0 Å². The largest absolute Gasteiger partial charge is 0.376 e. The molecule has 0 spiro atoms. The van der Waals surface area contributed by atoms with Gasteiger partial charge in [0.05, 0.1) is 30.1 Å². The molecule has 1 unspecified atom stereocenters. The number of benzene rings is 2. The summed E-state index contributed by atoms with van der Waals surface area (Å²) in [5.41, 5.74) is 4.33. The number of ether oxygens (including phenoxy) is 1. The molecule has 0 amide bonds. The zero-order valence-electron chi connectivity index (χ0n) is 19.7. The topological polar surface area (TPSA) is 82.7 Å². The van der Waals surface area contributed by atoms with Crippen LogP contribution in [0, 0.1) is 0 Å². The fourth-order valence-corrected chi connectivity index (χ4v) is 4.62. The molecule has 5 rings (SSSR count). The second-order valence-electron chi connectivity index (χ2n) is 9.30. The smallest absolute Gasteiger partial charge is 0.174 e. The first-order valence-electron chi connectivity index (χ1n) is 11.6. The molecule has 0 fully saturated rings. The van der Waals surface area contributed by atoms with Crippen LogP contribution in [0.2, 0.25) is 0 Å². The van der Waals surface area contributed by atoms with Crippen molar-refractivity contribution in [1.29, 1.82) is 0 Å². The molecule has 33 heavy (non-hydrogen) atoms. The normalized spacial score (nSPS) is 15.0. The van der Waals surface area contributed by atoms with Crippen LogP contribution >= 0.6 is 0 Å². The summed E-state index contributed by atoms with van der Waals surface area (Å²) in [6.07, 6.45) is 1.73. The maximum atomic E-state index is 5.82. The molecule has 0 bridgehead atoms. The molecule has 0 radical (unpaired) electrons. The van der Waals surface area contributed by atoms with E-state index in [0.717, 1.165) is 35.6 Å². The molecule has 1 aliphatic heterocycles. The number of hydrogen-bond acceptors (Lipinski definition) is 6. The van der Waals surface area contributed by atoms with Crippen LogP contribution in [0.1, 0.15) is 61.6 Å². The number of nitrogens with zero attached hydrogens (tertiary/aromatic N) is 6. The fraction of sp³-hybridized carbons (Fsp3) is 0.440. The molecule has 172 valence electrons. The fourth-order valence-electron chi connectivity index (χ4n) is 4.62. The highest BCUT2D eigenvalue weighted by Crippen LogP contribution is 2.32. The number of rotatable bonds is 7. The van der Waals surface area contributed by atoms with Crippen molar-refractivity contribution in [2.75, 3.05) is 6.61 Å². The molecule has 0 aliphatic carbocycles. The van der Waals surface area contributed by atoms with Crippen LogP contribution in [0.4, 0.5) is 0 Å². The summed E-state index contributed by atoms with van der Waals surface area (Å²) in [6.45, 7) is 8.42. The van der Waals surface area contributed by atoms with Crippen LogP contribution in [-0.4, -0.2) is 36.6 Å². The van der Waals surface area contributed by atoms with E-state index in [1.165, 1.54) is 16.3 Å². The van der Waals surface area contributed by atoms with Gasteiger partial charge in [0.2, 0.25) is 0 Å². The third-order valence-corrected chi connectivity index (χ3v) is 6.85. The minimum Gasteiger partial charge on any atom is -0.376 e. The molecule has 1 aliphatic rings. The molecule has 8 nitrogen and oxygen atoms in total. The molecule has 1 N–H and O–H groups in total. The van der Waals surface area contributed by atoms with E-state index < -0.39 is 0 Å². The van der Waals surface area contributed by atoms with E-state index in [-0.39, 0.29) is 11.6 Å². The minimum atomic E-state index is -0.229. The zero-order valence-corrected chi connectivity index (χ0v) is 19.7. The van der Waals surface area contributed by atoms with E-state index >= 15 is 0 Å². The van der Waals surface area contributed by atoms with E-state index in [9.17, 15) is 0 Å². The SMILES string of the molecule is CCC(C)(C)n1nnnc1C(NCc1cccc2ccccc12)c1c2c(nn1C)CCOC2. The van der Waals surface area contributed by atoms with Crippen molar-refractivity contribution in [3.8, 4) is 0 Å². The average Bonchev–Trinajstić information content (AvgIpc) is 3.45. The number of aromatic nitrogens is 6. The third-order valence-electron chi connectivity index (χ3n) is 6.85. The Morgan fingerprint density at radius 2 is 1.97 bits per heavy atom. The summed E-state index contributed by atoms with van der Waals surface area (Å²) in [5.74, 6) is 0.790. The molecule has 4 aromatic rings. The Labute approximate surface area is 193 Å². The van der Waals surface area contributed by atoms with E-state index in [2.05, 4.69) is 84.1 Å². The predicted octanol–water partition coefficient (Wildman–Crippen LogP) is 3.66. The van der Waals surface area contributed by atoms with Crippen molar-refractivity contribution in [2.24, 2.45) is 7.05 Å². The molecular weight excluding hydrogens is 414 g/mol. The standard InChI is InChI=1S/C25H31N7O/c1-5-25(2,3)32-24(27-29-30-32)22(23-20-16-33-14-13-21(20)28-31(23)4)26-15-18-11-8-10-17-9-6-7-12-19(17)18/h6-12,22,26H,5,13-16H2,1-4H3. The van der Waals surface area contributed by atoms with E-state index in [1.54, 1.807) is 0 Å². The molecule has 2 aromatic carbocycles. The Morgan fingerprint density at radius 1 is 1.15 bits per heavy atom. The first kappa shape index (κ1) is 21.7. The first-order valence-corrected chi connectivity index (χ1v) is 11.6. The Bertz CT molecular complexity index is 1270. The monoisotopic (exact) mass is 445 g/mol. The second kappa shape index (κ2) is 8.68. The molecule has 1 atom stereocenters. The van der Waals surface area contributed by atoms with E-state index in [1.807, 2.05) is 16.4 Å². The number of fused-ring (bicyclic) bond motifs is 2. The van der Waals surface area contributed by atoms with Gasteiger partial charge in [0.15, 0.2) is 5.82 Å². The summed E-state index contributed by atoms with van der Waals surface area (Å²) in [7, 11) is 2.00. The highest BCUT2D eigenvalue weighted by Gasteiger charge is 2.33. The number of nitrogens with one attached hydrogen (secondary N) is 1. The predicted molar refractivity (Wildman–Crippen MR) is 127 cm³/mol. The van der Waals surface area contributed by atoms with Crippen LogP contribution in [0.5, 0.6) is 0 Å². The number of tetrazole rings is 1. The molecule has 3 heterocycles. The lowest BCUT2D eigenvalue weighted by atomic mass is 9.99. The van der Waals surface area contributed by atoms with Crippen molar-refractivity contribution >= 4 is 10.8 Å². The first-order chi connectivity index (χ1) is 16.0. The molecule has 8 heteroatoms. The second-order valence-corrected chi connectivity index (χ2v) is 9.30. The van der Waals surface area contributed by atoms with Crippen LogP contribution in [0.15, 0.2) is 42.5 Å². The minimum absolute atomic E-state index is 0.215. The summed E-state index contributed by atoms with van der Waals surface area (Å²) >= 11 is 0. The van der Waals surface area contributed by atoms with Gasteiger partial charge in [-0.1, -0.05) is 49.4 Å². The Morgan fingerprint density at radius 3 is 2.82 bits per heavy atom. The maximum Gasteiger partial charge on any atom is 0.174 e. The van der Waals surface area contributed by atoms with Crippen LogP contribution in [-0.2, 0) is 36.9 Å². The average molecular weight is 446 g/mol. The molecule has 0 saturated carbocycles. The Hall–Kier alpha value is -3.10. The van der Waals surface area contributed by atoms with Gasteiger partial charge in [-0.05, 0) is 47.0 Å². The molecular formula is C25H31N7O. The highest BCUT2D eigenvalue weighted by atomic mass is 16.5. The zero-order chi connectivity index (χ0) is 23.0. The van der Waals surface area contributed by atoms with Crippen molar-refractivity contribution in [1.82, 2.24) is 35.3 Å². The van der Waals surface area contributed by atoms with Gasteiger partial charge in [-0.2, -0.15) is 5.10 Å². The van der Waals surface area contributed by atoms with Crippen molar-refractivity contribution in [3.63, 3.8) is 0 Å². The van der Waals surface area contributed by atoms with Gasteiger partial charge in [-0.25, -0.2) is 4.68 Å². The van der Waals surface area contributed by atoms with Gasteiger partial charge in [-0.15, -0.1) is 5.10 Å². The number of hydrogen-bond donors (Lipinski definition) is 1. The quantitative estimate of drug-likeness (QED) is 0.468. The van der Waals surface area contributed by atoms with Gasteiger partial charge in [0.25, 0.3) is 0 Å². The summed E-state index contributed by atoms with van der Waals surface area (Å²) in [5, 5.41) is 24.1.